The van der Waals surface area contributed by atoms with Crippen LogP contribution in [0.2, 0.25) is 0 Å². The van der Waals surface area contributed by atoms with E-state index in [-0.39, 0.29) is 5.91 Å². The normalized spacial score (nSPS) is 17.3. The van der Waals surface area contributed by atoms with Gasteiger partial charge in [-0.2, -0.15) is 0 Å². The fourth-order valence-electron chi connectivity index (χ4n) is 4.28. The van der Waals surface area contributed by atoms with Crippen molar-refractivity contribution in [2.45, 2.75) is 26.3 Å². The Balaban J connectivity index is 1.42. The zero-order valence-corrected chi connectivity index (χ0v) is 16.5. The predicted molar refractivity (Wildman–Crippen MR) is 112 cm³/mol. The molecule has 0 radical (unpaired) electrons. The molecule has 2 aromatic carbocycles. The molecule has 0 unspecified atom stereocenters. The number of nitrogens with two attached hydrogens (primary N) is 1. The average molecular weight is 377 g/mol. The molecule has 1 atom stereocenters. The molecular weight excluding hydrogens is 350 g/mol. The lowest BCUT2D eigenvalue weighted by atomic mass is 9.97. The van der Waals surface area contributed by atoms with Crippen LogP contribution in [0.25, 0.3) is 10.9 Å². The van der Waals surface area contributed by atoms with Crippen molar-refractivity contribution in [3.05, 3.63) is 64.8 Å². The number of ether oxygens (including phenoxy) is 1. The van der Waals surface area contributed by atoms with E-state index in [4.69, 9.17) is 10.5 Å². The van der Waals surface area contributed by atoms with Crippen LogP contribution in [0.15, 0.2) is 42.5 Å². The summed E-state index contributed by atoms with van der Waals surface area (Å²) in [6.07, 6.45) is 2.16. The molecule has 0 saturated carbocycles. The molecule has 28 heavy (non-hydrogen) atoms. The van der Waals surface area contributed by atoms with Crippen molar-refractivity contribution in [2.75, 3.05) is 20.2 Å². The third-order valence-corrected chi connectivity index (χ3v) is 5.86. The third kappa shape index (κ3) is 3.76. The SMILES string of the molecule is COc1ccc2[nH]c(CN3CC[C@@H](Cc4cccc(C(N)=O)c4)C3)c(C)c2c1. The number of hydrogen-bond acceptors (Lipinski definition) is 3. The molecule has 1 amide bonds. The highest BCUT2D eigenvalue weighted by Crippen LogP contribution is 2.28. The Kier molecular flexibility index (Phi) is 5.09. The van der Waals surface area contributed by atoms with Crippen molar-refractivity contribution in [3.63, 3.8) is 0 Å². The number of amides is 1. The molecule has 2 heterocycles. The largest absolute Gasteiger partial charge is 0.497 e. The van der Waals surface area contributed by atoms with E-state index in [1.165, 1.54) is 28.6 Å². The highest BCUT2D eigenvalue weighted by molar-refractivity contribution is 5.92. The van der Waals surface area contributed by atoms with E-state index in [0.29, 0.717) is 11.5 Å². The first-order chi connectivity index (χ1) is 13.5. The van der Waals surface area contributed by atoms with Crippen molar-refractivity contribution in [1.82, 2.24) is 9.88 Å². The maximum atomic E-state index is 11.4. The number of carbonyl (C=O) groups excluding carboxylic acids is 1. The number of hydrogen-bond donors (Lipinski definition) is 2. The first-order valence-electron chi connectivity index (χ1n) is 9.80. The second-order valence-electron chi connectivity index (χ2n) is 7.80. The highest BCUT2D eigenvalue weighted by Gasteiger charge is 2.24. The molecular formula is C23H27N3O2. The molecule has 1 aromatic heterocycles. The second kappa shape index (κ2) is 7.68. The minimum Gasteiger partial charge on any atom is -0.497 e. The Morgan fingerprint density at radius 1 is 1.29 bits per heavy atom. The van der Waals surface area contributed by atoms with Gasteiger partial charge in [-0.05, 0) is 73.7 Å². The number of aryl methyl sites for hydroxylation is 1. The van der Waals surface area contributed by atoms with Gasteiger partial charge in [0.25, 0.3) is 0 Å². The zero-order valence-electron chi connectivity index (χ0n) is 16.5. The fraction of sp³-hybridized carbons (Fsp3) is 0.348. The van der Waals surface area contributed by atoms with Crippen molar-refractivity contribution < 1.29 is 9.53 Å². The molecule has 4 rings (SSSR count). The Morgan fingerprint density at radius 3 is 2.93 bits per heavy atom. The van der Waals surface area contributed by atoms with Crippen LogP contribution in [0, 0.1) is 12.8 Å². The summed E-state index contributed by atoms with van der Waals surface area (Å²) in [4.78, 5) is 17.5. The quantitative estimate of drug-likeness (QED) is 0.689. The standard InChI is InChI=1S/C23H27N3O2/c1-15-20-12-19(28-2)6-7-21(20)25-22(15)14-26-9-8-17(13-26)10-16-4-3-5-18(11-16)23(24)27/h3-7,11-12,17,25H,8-10,13-14H2,1-2H3,(H2,24,27)/t17-/m0/s1. The summed E-state index contributed by atoms with van der Waals surface area (Å²) in [5.41, 5.74) is 10.9. The van der Waals surface area contributed by atoms with E-state index in [0.717, 1.165) is 37.3 Å². The lowest BCUT2D eigenvalue weighted by Crippen LogP contribution is -2.21. The summed E-state index contributed by atoms with van der Waals surface area (Å²) in [5, 5.41) is 1.23. The lowest BCUT2D eigenvalue weighted by molar-refractivity contribution is 0.1000. The van der Waals surface area contributed by atoms with E-state index in [9.17, 15) is 4.79 Å². The van der Waals surface area contributed by atoms with Gasteiger partial charge in [0.05, 0.1) is 7.11 Å². The van der Waals surface area contributed by atoms with E-state index in [2.05, 4.69) is 35.0 Å². The Labute approximate surface area is 165 Å². The van der Waals surface area contributed by atoms with Crippen molar-refractivity contribution in [1.29, 1.82) is 0 Å². The lowest BCUT2D eigenvalue weighted by Gasteiger charge is -2.16. The Bertz CT molecular complexity index is 1010. The van der Waals surface area contributed by atoms with Gasteiger partial charge in [0.1, 0.15) is 5.75 Å². The van der Waals surface area contributed by atoms with E-state index < -0.39 is 0 Å². The molecule has 1 aliphatic rings. The minimum atomic E-state index is -0.360. The molecule has 5 nitrogen and oxygen atoms in total. The number of fused-ring (bicyclic) bond motifs is 1. The van der Waals surface area contributed by atoms with Gasteiger partial charge in [0.15, 0.2) is 0 Å². The zero-order chi connectivity index (χ0) is 19.7. The van der Waals surface area contributed by atoms with E-state index in [1.54, 1.807) is 13.2 Å². The molecule has 3 N–H and O–H groups in total. The first kappa shape index (κ1) is 18.6. The average Bonchev–Trinajstić information content (AvgIpc) is 3.26. The van der Waals surface area contributed by atoms with Gasteiger partial charge in [-0.15, -0.1) is 0 Å². The van der Waals surface area contributed by atoms with E-state index in [1.807, 2.05) is 18.2 Å². The topological polar surface area (TPSA) is 71.3 Å². The first-order valence-corrected chi connectivity index (χ1v) is 9.80. The molecule has 0 aliphatic carbocycles. The minimum absolute atomic E-state index is 0.360. The number of likely N-dealkylation sites (tertiary alicyclic amines) is 1. The van der Waals surface area contributed by atoms with Crippen LogP contribution in [-0.2, 0) is 13.0 Å². The second-order valence-corrected chi connectivity index (χ2v) is 7.80. The number of methoxy groups -OCH3 is 1. The fourth-order valence-corrected chi connectivity index (χ4v) is 4.28. The van der Waals surface area contributed by atoms with Crippen molar-refractivity contribution in [3.8, 4) is 5.75 Å². The van der Waals surface area contributed by atoms with Crippen LogP contribution in [0.1, 0.15) is 33.6 Å². The molecule has 1 fully saturated rings. The van der Waals surface area contributed by atoms with Gasteiger partial charge in [0.2, 0.25) is 5.91 Å². The molecule has 3 aromatic rings. The van der Waals surface area contributed by atoms with Crippen LogP contribution in [-0.4, -0.2) is 36.0 Å². The number of primary amides is 1. The molecule has 5 heteroatoms. The molecule has 0 bridgehead atoms. The maximum absolute atomic E-state index is 11.4. The number of nitrogens with zero attached hydrogens (tertiary/aromatic N) is 1. The maximum Gasteiger partial charge on any atom is 0.248 e. The number of H-pyrrole nitrogens is 1. The summed E-state index contributed by atoms with van der Waals surface area (Å²) in [6, 6.07) is 13.9. The van der Waals surface area contributed by atoms with E-state index >= 15 is 0 Å². The number of benzene rings is 2. The molecule has 1 aliphatic heterocycles. The van der Waals surface area contributed by atoms with Gasteiger partial charge in [-0.1, -0.05) is 12.1 Å². The van der Waals surface area contributed by atoms with Crippen LogP contribution in [0.3, 0.4) is 0 Å². The summed E-state index contributed by atoms with van der Waals surface area (Å²) in [7, 11) is 1.70. The van der Waals surface area contributed by atoms with Gasteiger partial charge in [-0.25, -0.2) is 0 Å². The number of carbonyl (C=O) groups is 1. The monoisotopic (exact) mass is 377 g/mol. The van der Waals surface area contributed by atoms with Gasteiger partial charge in [-0.3, -0.25) is 9.69 Å². The molecule has 1 saturated heterocycles. The van der Waals surface area contributed by atoms with Crippen molar-refractivity contribution >= 4 is 16.8 Å². The number of aromatic nitrogens is 1. The van der Waals surface area contributed by atoms with Gasteiger partial charge < -0.3 is 15.5 Å². The van der Waals surface area contributed by atoms with Crippen LogP contribution < -0.4 is 10.5 Å². The summed E-state index contributed by atoms with van der Waals surface area (Å²) >= 11 is 0. The summed E-state index contributed by atoms with van der Waals surface area (Å²) in [6.45, 7) is 5.27. The smallest absolute Gasteiger partial charge is 0.248 e. The number of rotatable bonds is 6. The molecule has 0 spiro atoms. The third-order valence-electron chi connectivity index (χ3n) is 5.86. The Hall–Kier alpha value is -2.79. The van der Waals surface area contributed by atoms with Crippen LogP contribution in [0.4, 0.5) is 0 Å². The predicted octanol–water partition coefficient (Wildman–Crippen LogP) is 3.65. The number of aromatic amines is 1. The Morgan fingerprint density at radius 2 is 2.14 bits per heavy atom. The van der Waals surface area contributed by atoms with Crippen LogP contribution in [0.5, 0.6) is 5.75 Å². The number of nitrogens with one attached hydrogen (secondary N) is 1. The van der Waals surface area contributed by atoms with Crippen molar-refractivity contribution in [2.24, 2.45) is 11.7 Å². The highest BCUT2D eigenvalue weighted by atomic mass is 16.5. The van der Waals surface area contributed by atoms with Gasteiger partial charge in [0, 0.05) is 35.2 Å². The molecule has 146 valence electrons. The van der Waals surface area contributed by atoms with Crippen LogP contribution >= 0.6 is 0 Å². The van der Waals surface area contributed by atoms with Gasteiger partial charge >= 0.3 is 0 Å². The summed E-state index contributed by atoms with van der Waals surface area (Å²) < 4.78 is 5.36. The summed E-state index contributed by atoms with van der Waals surface area (Å²) in [5.74, 6) is 1.13.